The predicted molar refractivity (Wildman–Crippen MR) is 138 cm³/mol. The third-order valence-corrected chi connectivity index (χ3v) is 9.09. The molecule has 37 heavy (non-hydrogen) atoms. The number of carbonyl (C=O) groups is 2. The molecule has 1 amide bonds. The first-order valence-corrected chi connectivity index (χ1v) is 14.2. The number of rotatable bonds is 9. The van der Waals surface area contributed by atoms with Crippen LogP contribution in [0.4, 0.5) is 8.78 Å². The van der Waals surface area contributed by atoms with E-state index in [-0.39, 0.29) is 11.7 Å². The number of aromatic nitrogens is 2. The Labute approximate surface area is 220 Å². The van der Waals surface area contributed by atoms with Crippen LogP contribution in [-0.2, 0) is 19.5 Å². The summed E-state index contributed by atoms with van der Waals surface area (Å²) >= 11 is 1.39. The normalized spacial score (nSPS) is 22.6. The molecule has 0 unspecified atom stereocenters. The van der Waals surface area contributed by atoms with Gasteiger partial charge in [-0.1, -0.05) is 24.2 Å². The van der Waals surface area contributed by atoms with Gasteiger partial charge in [0.2, 0.25) is 0 Å². The zero-order chi connectivity index (χ0) is 26.2. The highest BCUT2D eigenvalue weighted by atomic mass is 32.1. The largest absolute Gasteiger partial charge is 0.464 e. The van der Waals surface area contributed by atoms with E-state index in [2.05, 4.69) is 9.88 Å². The lowest BCUT2D eigenvalue weighted by Gasteiger charge is -2.31. The standard InChI is InChI=1S/C27H36F2N4O3S/c1-27(28,29)17-36-26-30-20-16-32(12-10-24(20)37-26)11-9-18-3-5-19(6-4-18)15-23(34)21-7-8-22-25(35)31(2)13-14-33(21)22/h7-8,18-19H,3-6,9-17H2,1-2H3. The second-order valence-electron chi connectivity index (χ2n) is 11.0. The molecule has 2 aromatic heterocycles. The summed E-state index contributed by atoms with van der Waals surface area (Å²) in [5, 5.41) is 0.348. The summed E-state index contributed by atoms with van der Waals surface area (Å²) in [7, 11) is 1.80. The molecule has 0 radical (unpaired) electrons. The van der Waals surface area contributed by atoms with E-state index in [0.29, 0.717) is 47.9 Å². The summed E-state index contributed by atoms with van der Waals surface area (Å²) < 4.78 is 33.3. The van der Waals surface area contributed by atoms with E-state index in [9.17, 15) is 18.4 Å². The smallest absolute Gasteiger partial charge is 0.278 e. The molecule has 0 atom stereocenters. The SMILES string of the molecule is CN1CCn2c(C(=O)CC3CCC(CCN4CCc5sc(OCC(C)(F)F)nc5C4)CC3)ccc2C1=O. The van der Waals surface area contributed by atoms with Gasteiger partial charge in [-0.3, -0.25) is 14.5 Å². The Morgan fingerprint density at radius 3 is 2.68 bits per heavy atom. The number of halogens is 2. The molecule has 2 aliphatic heterocycles. The minimum Gasteiger partial charge on any atom is -0.464 e. The van der Waals surface area contributed by atoms with Crippen LogP contribution in [0, 0.1) is 11.8 Å². The molecule has 10 heteroatoms. The molecule has 0 spiro atoms. The Morgan fingerprint density at radius 1 is 1.16 bits per heavy atom. The van der Waals surface area contributed by atoms with Gasteiger partial charge in [-0.2, -0.15) is 0 Å². The molecule has 4 heterocycles. The van der Waals surface area contributed by atoms with E-state index >= 15 is 0 Å². The number of amides is 1. The minimum absolute atomic E-state index is 0.0135. The van der Waals surface area contributed by atoms with E-state index in [0.717, 1.165) is 75.7 Å². The highest BCUT2D eigenvalue weighted by Gasteiger charge is 2.29. The summed E-state index contributed by atoms with van der Waals surface area (Å²) in [5.74, 6) is -1.63. The number of likely N-dealkylation sites (N-methyl/N-ethyl adjacent to an activating group) is 1. The number of hydrogen-bond acceptors (Lipinski definition) is 6. The lowest BCUT2D eigenvalue weighted by Crippen LogP contribution is -2.37. The summed E-state index contributed by atoms with van der Waals surface area (Å²) in [6.45, 7) is 4.25. The van der Waals surface area contributed by atoms with Crippen molar-refractivity contribution in [3.63, 3.8) is 0 Å². The number of fused-ring (bicyclic) bond motifs is 2. The van der Waals surface area contributed by atoms with Crippen molar-refractivity contribution in [2.24, 2.45) is 11.8 Å². The van der Waals surface area contributed by atoms with Crippen molar-refractivity contribution in [3.8, 4) is 5.19 Å². The number of nitrogens with zero attached hydrogens (tertiary/aromatic N) is 4. The number of Topliss-reactive ketones (excluding diaryl/α,β-unsaturated/α-hetero) is 1. The van der Waals surface area contributed by atoms with Crippen LogP contribution in [0.2, 0.25) is 0 Å². The predicted octanol–water partition coefficient (Wildman–Crippen LogP) is 4.89. The fraction of sp³-hybridized carbons (Fsp3) is 0.667. The van der Waals surface area contributed by atoms with Crippen molar-refractivity contribution in [1.29, 1.82) is 0 Å². The number of hydrogen-bond donors (Lipinski definition) is 0. The highest BCUT2D eigenvalue weighted by Crippen LogP contribution is 2.35. The minimum atomic E-state index is -2.86. The molecule has 3 aliphatic rings. The van der Waals surface area contributed by atoms with Crippen molar-refractivity contribution in [1.82, 2.24) is 19.4 Å². The summed E-state index contributed by atoms with van der Waals surface area (Å²) in [6, 6.07) is 3.61. The maximum Gasteiger partial charge on any atom is 0.278 e. The van der Waals surface area contributed by atoms with Gasteiger partial charge < -0.3 is 14.2 Å². The van der Waals surface area contributed by atoms with E-state index in [1.165, 1.54) is 11.3 Å². The Bertz CT molecular complexity index is 1130. The van der Waals surface area contributed by atoms with E-state index in [1.807, 2.05) is 10.6 Å². The van der Waals surface area contributed by atoms with Crippen LogP contribution in [0.25, 0.3) is 0 Å². The van der Waals surface area contributed by atoms with Gasteiger partial charge in [0, 0.05) is 51.4 Å². The van der Waals surface area contributed by atoms with Crippen LogP contribution < -0.4 is 4.74 Å². The molecule has 0 bridgehead atoms. The number of ether oxygens (including phenoxy) is 1. The first-order chi connectivity index (χ1) is 17.7. The Kier molecular flexibility index (Phi) is 7.68. The van der Waals surface area contributed by atoms with Gasteiger partial charge in [0.05, 0.1) is 11.4 Å². The van der Waals surface area contributed by atoms with Gasteiger partial charge in [-0.05, 0) is 56.2 Å². The Morgan fingerprint density at radius 2 is 1.92 bits per heavy atom. The fourth-order valence-corrected chi connectivity index (χ4v) is 6.72. The molecule has 7 nitrogen and oxygen atoms in total. The number of alkyl halides is 2. The first-order valence-electron chi connectivity index (χ1n) is 13.4. The maximum atomic E-state index is 13.1. The highest BCUT2D eigenvalue weighted by molar-refractivity contribution is 7.13. The molecule has 1 fully saturated rings. The third-order valence-electron chi connectivity index (χ3n) is 8.02. The Balaban J connectivity index is 1.05. The molecule has 1 aliphatic carbocycles. The summed E-state index contributed by atoms with van der Waals surface area (Å²) in [5.41, 5.74) is 2.27. The molecule has 202 valence electrons. The second kappa shape index (κ2) is 10.8. The summed E-state index contributed by atoms with van der Waals surface area (Å²) in [4.78, 5) is 35.1. The quantitative estimate of drug-likeness (QED) is 0.429. The Hall–Kier alpha value is -2.33. The molecule has 2 aromatic rings. The zero-order valence-electron chi connectivity index (χ0n) is 21.7. The molecule has 0 N–H and O–H groups in total. The molecule has 1 saturated carbocycles. The fourth-order valence-electron chi connectivity index (χ4n) is 5.81. The average Bonchev–Trinajstić information content (AvgIpc) is 3.48. The van der Waals surface area contributed by atoms with Gasteiger partial charge in [0.25, 0.3) is 17.0 Å². The lowest BCUT2D eigenvalue weighted by molar-refractivity contribution is -0.0230. The third kappa shape index (κ3) is 6.22. The molecular formula is C27H36F2N4O3S. The van der Waals surface area contributed by atoms with Crippen LogP contribution in [0.1, 0.15) is 77.0 Å². The van der Waals surface area contributed by atoms with Gasteiger partial charge in [0.15, 0.2) is 12.4 Å². The van der Waals surface area contributed by atoms with Crippen LogP contribution >= 0.6 is 11.3 Å². The first kappa shape index (κ1) is 26.3. The zero-order valence-corrected chi connectivity index (χ0v) is 22.5. The topological polar surface area (TPSA) is 67.7 Å². The van der Waals surface area contributed by atoms with Gasteiger partial charge in [-0.15, -0.1) is 0 Å². The molecule has 5 rings (SSSR count). The van der Waals surface area contributed by atoms with Crippen LogP contribution in [0.15, 0.2) is 12.1 Å². The van der Waals surface area contributed by atoms with Crippen molar-refractivity contribution in [3.05, 3.63) is 34.1 Å². The average molecular weight is 535 g/mol. The maximum absolute atomic E-state index is 13.1. The number of thiazole rings is 1. The lowest BCUT2D eigenvalue weighted by atomic mass is 9.78. The van der Waals surface area contributed by atoms with Crippen LogP contribution in [0.5, 0.6) is 5.19 Å². The van der Waals surface area contributed by atoms with Crippen LogP contribution in [-0.4, -0.2) is 70.3 Å². The van der Waals surface area contributed by atoms with E-state index in [1.54, 1.807) is 18.0 Å². The number of carbonyl (C=O) groups excluding carboxylic acids is 2. The van der Waals surface area contributed by atoms with Crippen molar-refractivity contribution >= 4 is 23.0 Å². The van der Waals surface area contributed by atoms with Gasteiger partial charge in [-0.25, -0.2) is 13.8 Å². The van der Waals surface area contributed by atoms with Crippen molar-refractivity contribution in [2.45, 2.75) is 70.9 Å². The number of ketones is 1. The van der Waals surface area contributed by atoms with E-state index < -0.39 is 12.5 Å². The van der Waals surface area contributed by atoms with Crippen molar-refractivity contribution < 1.29 is 23.1 Å². The van der Waals surface area contributed by atoms with Crippen molar-refractivity contribution in [2.75, 3.05) is 33.3 Å². The van der Waals surface area contributed by atoms with Crippen LogP contribution in [0.3, 0.4) is 0 Å². The molecular weight excluding hydrogens is 498 g/mol. The van der Waals surface area contributed by atoms with Gasteiger partial charge in [0.1, 0.15) is 5.69 Å². The van der Waals surface area contributed by atoms with Gasteiger partial charge >= 0.3 is 0 Å². The summed E-state index contributed by atoms with van der Waals surface area (Å²) in [6.07, 6.45) is 7.02. The molecule has 0 aromatic carbocycles. The van der Waals surface area contributed by atoms with E-state index in [4.69, 9.17) is 4.74 Å². The molecule has 0 saturated heterocycles. The second-order valence-corrected chi connectivity index (χ2v) is 12.1. The monoisotopic (exact) mass is 534 g/mol.